The van der Waals surface area contributed by atoms with E-state index in [2.05, 4.69) is 16.0 Å². The lowest BCUT2D eigenvalue weighted by molar-refractivity contribution is -0.143. The minimum absolute atomic E-state index is 0.0480. The molecule has 1 aromatic carbocycles. The molecule has 0 spiro atoms. The average molecular weight is 524 g/mol. The predicted octanol–water partition coefficient (Wildman–Crippen LogP) is -1.80. The third-order valence-corrected chi connectivity index (χ3v) is 5.10. The molecular formula is C23H33N5O9. The second-order valence-corrected chi connectivity index (χ2v) is 8.90. The summed E-state index contributed by atoms with van der Waals surface area (Å²) in [6, 6.07) is -0.105. The van der Waals surface area contributed by atoms with E-state index in [9.17, 15) is 44.1 Å². The molecule has 1 aromatic rings. The number of hydrogen-bond donors (Lipinski definition) is 8. The number of hydrogen-bond acceptors (Lipinski definition) is 8. The number of aliphatic carboxylic acids is 2. The van der Waals surface area contributed by atoms with Gasteiger partial charge in [-0.2, -0.15) is 0 Å². The lowest BCUT2D eigenvalue weighted by Crippen LogP contribution is -2.58. The van der Waals surface area contributed by atoms with Crippen molar-refractivity contribution in [3.8, 4) is 5.75 Å². The van der Waals surface area contributed by atoms with Gasteiger partial charge in [0.25, 0.3) is 0 Å². The Morgan fingerprint density at radius 1 is 0.811 bits per heavy atom. The quantitative estimate of drug-likeness (QED) is 0.128. The summed E-state index contributed by atoms with van der Waals surface area (Å²) in [5.41, 5.74) is 11.0. The lowest BCUT2D eigenvalue weighted by Gasteiger charge is -2.25. The van der Waals surface area contributed by atoms with E-state index in [0.29, 0.717) is 5.56 Å². The van der Waals surface area contributed by atoms with Crippen molar-refractivity contribution in [3.05, 3.63) is 29.8 Å². The van der Waals surface area contributed by atoms with Gasteiger partial charge >= 0.3 is 11.9 Å². The smallest absolute Gasteiger partial charge is 0.326 e. The molecule has 4 unspecified atom stereocenters. The highest BCUT2D eigenvalue weighted by atomic mass is 16.4. The molecule has 204 valence electrons. The standard InChI is InChI=1S/C23H33N5O9/c1-11(2)7-17(23(36)37)28-21(34)15(8-12-3-5-13(29)6-4-12)27-22(35)16(10-19(31)32)26-20(33)14(24)9-18(25)30/h3-6,11,14-17,29H,7-10,24H2,1-2H3,(H2,25,30)(H,26,33)(H,27,35)(H,28,34)(H,31,32)(H,36,37). The molecule has 10 N–H and O–H groups in total. The van der Waals surface area contributed by atoms with Crippen LogP contribution >= 0.6 is 0 Å². The van der Waals surface area contributed by atoms with Gasteiger partial charge in [0.2, 0.25) is 23.6 Å². The fraction of sp³-hybridized carbons (Fsp3) is 0.478. The summed E-state index contributed by atoms with van der Waals surface area (Å²) in [5.74, 6) is -6.68. The number of carboxylic acid groups (broad SMARTS) is 2. The molecule has 14 heteroatoms. The first-order valence-corrected chi connectivity index (χ1v) is 11.4. The zero-order valence-electron chi connectivity index (χ0n) is 20.5. The molecule has 0 bridgehead atoms. The summed E-state index contributed by atoms with van der Waals surface area (Å²) in [6.07, 6.45) is -1.47. The zero-order valence-corrected chi connectivity index (χ0v) is 20.5. The van der Waals surface area contributed by atoms with E-state index in [-0.39, 0.29) is 24.5 Å². The van der Waals surface area contributed by atoms with Crippen molar-refractivity contribution in [1.29, 1.82) is 0 Å². The Bertz CT molecular complexity index is 997. The van der Waals surface area contributed by atoms with Gasteiger partial charge in [-0.15, -0.1) is 0 Å². The maximum atomic E-state index is 13.0. The SMILES string of the molecule is CC(C)CC(NC(=O)C(Cc1ccc(O)cc1)NC(=O)C(CC(=O)O)NC(=O)C(N)CC(N)=O)C(=O)O. The van der Waals surface area contributed by atoms with E-state index >= 15 is 0 Å². The fourth-order valence-corrected chi connectivity index (χ4v) is 3.29. The summed E-state index contributed by atoms with van der Waals surface area (Å²) >= 11 is 0. The van der Waals surface area contributed by atoms with Crippen LogP contribution < -0.4 is 27.4 Å². The second-order valence-electron chi connectivity index (χ2n) is 8.90. The highest BCUT2D eigenvalue weighted by Gasteiger charge is 2.32. The third-order valence-electron chi connectivity index (χ3n) is 5.10. The van der Waals surface area contributed by atoms with Crippen LogP contribution in [0, 0.1) is 5.92 Å². The Kier molecular flexibility index (Phi) is 12.0. The number of amides is 4. The molecule has 0 aliphatic rings. The Labute approximate surface area is 212 Å². The second kappa shape index (κ2) is 14.4. The van der Waals surface area contributed by atoms with Gasteiger partial charge in [0.05, 0.1) is 18.9 Å². The number of carbonyl (C=O) groups is 6. The van der Waals surface area contributed by atoms with Gasteiger partial charge < -0.3 is 42.7 Å². The van der Waals surface area contributed by atoms with Crippen molar-refractivity contribution in [2.75, 3.05) is 0 Å². The maximum absolute atomic E-state index is 13.0. The lowest BCUT2D eigenvalue weighted by atomic mass is 10.0. The highest BCUT2D eigenvalue weighted by molar-refractivity contribution is 5.96. The third kappa shape index (κ3) is 11.4. The number of carbonyl (C=O) groups excluding carboxylic acids is 4. The van der Waals surface area contributed by atoms with Gasteiger partial charge in [0.1, 0.15) is 23.9 Å². The summed E-state index contributed by atoms with van der Waals surface area (Å²) < 4.78 is 0. The molecule has 0 heterocycles. The summed E-state index contributed by atoms with van der Waals surface area (Å²) in [6.45, 7) is 3.53. The predicted molar refractivity (Wildman–Crippen MR) is 129 cm³/mol. The molecule has 14 nitrogen and oxygen atoms in total. The number of phenolic OH excluding ortho intramolecular Hbond substituents is 1. The molecule has 0 aromatic heterocycles. The molecular weight excluding hydrogens is 490 g/mol. The van der Waals surface area contributed by atoms with Crippen molar-refractivity contribution in [3.63, 3.8) is 0 Å². The molecule has 37 heavy (non-hydrogen) atoms. The van der Waals surface area contributed by atoms with E-state index in [1.54, 1.807) is 13.8 Å². The highest BCUT2D eigenvalue weighted by Crippen LogP contribution is 2.13. The van der Waals surface area contributed by atoms with Crippen LogP contribution in [-0.4, -0.2) is 75.1 Å². The molecule has 0 aliphatic heterocycles. The van der Waals surface area contributed by atoms with E-state index in [1.165, 1.54) is 24.3 Å². The minimum atomic E-state index is -1.68. The van der Waals surface area contributed by atoms with E-state index in [1.807, 2.05) is 0 Å². The van der Waals surface area contributed by atoms with Crippen LogP contribution in [0.2, 0.25) is 0 Å². The van der Waals surface area contributed by atoms with E-state index in [4.69, 9.17) is 11.5 Å². The maximum Gasteiger partial charge on any atom is 0.326 e. The molecule has 1 rings (SSSR count). The van der Waals surface area contributed by atoms with Crippen LogP contribution in [0.3, 0.4) is 0 Å². The first kappa shape index (κ1) is 30.8. The number of carboxylic acids is 2. The minimum Gasteiger partial charge on any atom is -0.508 e. The van der Waals surface area contributed by atoms with Crippen LogP contribution in [-0.2, 0) is 35.2 Å². The van der Waals surface area contributed by atoms with Gasteiger partial charge in [-0.25, -0.2) is 4.79 Å². The number of primary amides is 1. The largest absolute Gasteiger partial charge is 0.508 e. The number of rotatable bonds is 15. The number of benzene rings is 1. The normalized spacial score (nSPS) is 14.1. The summed E-state index contributed by atoms with van der Waals surface area (Å²) in [5, 5.41) is 35.0. The van der Waals surface area contributed by atoms with Gasteiger partial charge in [-0.3, -0.25) is 24.0 Å². The Balaban J connectivity index is 3.17. The molecule has 0 fully saturated rings. The molecule has 0 radical (unpaired) electrons. The van der Waals surface area contributed by atoms with Crippen LogP contribution in [0.5, 0.6) is 5.75 Å². The van der Waals surface area contributed by atoms with Gasteiger partial charge in [-0.05, 0) is 30.0 Å². The fourth-order valence-electron chi connectivity index (χ4n) is 3.29. The van der Waals surface area contributed by atoms with Crippen molar-refractivity contribution in [2.45, 2.75) is 63.7 Å². The van der Waals surface area contributed by atoms with E-state index in [0.717, 1.165) is 0 Å². The van der Waals surface area contributed by atoms with Crippen molar-refractivity contribution in [1.82, 2.24) is 16.0 Å². The first-order chi connectivity index (χ1) is 17.2. The number of nitrogens with two attached hydrogens (primary N) is 2. The molecule has 0 saturated carbocycles. The van der Waals surface area contributed by atoms with Crippen LogP contribution in [0.15, 0.2) is 24.3 Å². The Hall–Kier alpha value is -4.20. The first-order valence-electron chi connectivity index (χ1n) is 11.4. The molecule has 0 aliphatic carbocycles. The zero-order chi connectivity index (χ0) is 28.3. The topological polar surface area (TPSA) is 251 Å². The van der Waals surface area contributed by atoms with Crippen LogP contribution in [0.4, 0.5) is 0 Å². The Morgan fingerprint density at radius 3 is 1.81 bits per heavy atom. The molecule has 4 amide bonds. The van der Waals surface area contributed by atoms with Gasteiger partial charge in [-0.1, -0.05) is 26.0 Å². The van der Waals surface area contributed by atoms with Gasteiger partial charge in [0.15, 0.2) is 0 Å². The molecule has 4 atom stereocenters. The molecule has 0 saturated heterocycles. The summed E-state index contributed by atoms with van der Waals surface area (Å²) in [4.78, 5) is 72.2. The van der Waals surface area contributed by atoms with Crippen LogP contribution in [0.1, 0.15) is 38.7 Å². The summed E-state index contributed by atoms with van der Waals surface area (Å²) in [7, 11) is 0. The average Bonchev–Trinajstić information content (AvgIpc) is 2.77. The number of phenols is 1. The Morgan fingerprint density at radius 2 is 1.32 bits per heavy atom. The van der Waals surface area contributed by atoms with Crippen molar-refractivity contribution in [2.24, 2.45) is 17.4 Å². The van der Waals surface area contributed by atoms with Gasteiger partial charge in [0, 0.05) is 6.42 Å². The van der Waals surface area contributed by atoms with E-state index < -0.39 is 72.6 Å². The van der Waals surface area contributed by atoms with Crippen molar-refractivity contribution >= 4 is 35.6 Å². The number of nitrogens with one attached hydrogen (secondary N) is 3. The number of aromatic hydroxyl groups is 1. The van der Waals surface area contributed by atoms with Crippen molar-refractivity contribution < 1.29 is 44.1 Å². The van der Waals surface area contributed by atoms with Crippen LogP contribution in [0.25, 0.3) is 0 Å². The monoisotopic (exact) mass is 523 g/mol.